The van der Waals surface area contributed by atoms with Crippen LogP contribution in [-0.4, -0.2) is 18.8 Å². The minimum absolute atomic E-state index is 0.125. The first-order valence-corrected chi connectivity index (χ1v) is 5.38. The maximum Gasteiger partial charge on any atom is 0.0776 e. The van der Waals surface area contributed by atoms with Crippen LogP contribution in [0.5, 0.6) is 0 Å². The second-order valence-electron chi connectivity index (χ2n) is 3.72. The SMILES string of the molecule is CCCC(OCC)C(C=C(C)C)NN. The summed E-state index contributed by atoms with van der Waals surface area (Å²) in [5.41, 5.74) is 4.06. The van der Waals surface area contributed by atoms with Gasteiger partial charge in [0.1, 0.15) is 0 Å². The van der Waals surface area contributed by atoms with Crippen LogP contribution in [0.25, 0.3) is 0 Å². The molecule has 3 N–H and O–H groups in total. The lowest BCUT2D eigenvalue weighted by Crippen LogP contribution is -2.44. The Bertz CT molecular complexity index is 159. The van der Waals surface area contributed by atoms with Gasteiger partial charge in [0.15, 0.2) is 0 Å². The van der Waals surface area contributed by atoms with Gasteiger partial charge in [-0.1, -0.05) is 25.0 Å². The van der Waals surface area contributed by atoms with Gasteiger partial charge >= 0.3 is 0 Å². The molecular weight excluding hydrogens is 176 g/mol. The molecule has 0 heterocycles. The van der Waals surface area contributed by atoms with Gasteiger partial charge in [0.05, 0.1) is 12.1 Å². The van der Waals surface area contributed by atoms with E-state index >= 15 is 0 Å². The highest BCUT2D eigenvalue weighted by Gasteiger charge is 2.17. The second-order valence-corrected chi connectivity index (χ2v) is 3.72. The van der Waals surface area contributed by atoms with E-state index in [9.17, 15) is 0 Å². The summed E-state index contributed by atoms with van der Waals surface area (Å²) >= 11 is 0. The minimum Gasteiger partial charge on any atom is -0.376 e. The molecule has 3 heteroatoms. The van der Waals surface area contributed by atoms with Crippen molar-refractivity contribution in [1.82, 2.24) is 5.43 Å². The third-order valence-corrected chi connectivity index (χ3v) is 2.06. The Kier molecular flexibility index (Phi) is 7.76. The average Bonchev–Trinajstić information content (AvgIpc) is 2.13. The summed E-state index contributed by atoms with van der Waals surface area (Å²) in [6, 6.07) is 0.125. The molecule has 0 spiro atoms. The normalized spacial score (nSPS) is 14.9. The van der Waals surface area contributed by atoms with Crippen molar-refractivity contribution in [2.45, 2.75) is 52.7 Å². The highest BCUT2D eigenvalue weighted by atomic mass is 16.5. The van der Waals surface area contributed by atoms with E-state index in [1.54, 1.807) is 0 Å². The fraction of sp³-hybridized carbons (Fsp3) is 0.818. The summed E-state index contributed by atoms with van der Waals surface area (Å²) in [6.45, 7) is 9.04. The van der Waals surface area contributed by atoms with Crippen LogP contribution in [0.3, 0.4) is 0 Å². The summed E-state index contributed by atoms with van der Waals surface area (Å²) in [5.74, 6) is 5.51. The Morgan fingerprint density at radius 2 is 2.07 bits per heavy atom. The van der Waals surface area contributed by atoms with Crippen LogP contribution in [0.4, 0.5) is 0 Å². The van der Waals surface area contributed by atoms with Gasteiger partial charge in [-0.15, -0.1) is 0 Å². The van der Waals surface area contributed by atoms with Crippen molar-refractivity contribution in [3.63, 3.8) is 0 Å². The van der Waals surface area contributed by atoms with Crippen LogP contribution in [0.15, 0.2) is 11.6 Å². The second kappa shape index (κ2) is 7.97. The molecule has 0 saturated carbocycles. The number of rotatable bonds is 7. The highest BCUT2D eigenvalue weighted by molar-refractivity contribution is 5.03. The molecule has 0 aliphatic heterocycles. The standard InChI is InChI=1S/C11H24N2O/c1-5-7-11(14-6-2)10(13-12)8-9(3)4/h8,10-11,13H,5-7,12H2,1-4H3. The Hall–Kier alpha value is -0.380. The van der Waals surface area contributed by atoms with Gasteiger partial charge in [0.25, 0.3) is 0 Å². The van der Waals surface area contributed by atoms with E-state index in [1.807, 2.05) is 6.92 Å². The van der Waals surface area contributed by atoms with Crippen LogP contribution < -0.4 is 11.3 Å². The molecular formula is C11H24N2O. The lowest BCUT2D eigenvalue weighted by atomic mass is 10.0. The number of hydrazine groups is 1. The third-order valence-electron chi connectivity index (χ3n) is 2.06. The predicted molar refractivity (Wildman–Crippen MR) is 60.9 cm³/mol. The van der Waals surface area contributed by atoms with Gasteiger partial charge in [-0.05, 0) is 27.2 Å². The van der Waals surface area contributed by atoms with E-state index < -0.39 is 0 Å². The van der Waals surface area contributed by atoms with Gasteiger partial charge in [0.2, 0.25) is 0 Å². The maximum atomic E-state index is 5.65. The Balaban J connectivity index is 4.32. The topological polar surface area (TPSA) is 47.3 Å². The summed E-state index contributed by atoms with van der Waals surface area (Å²) in [7, 11) is 0. The van der Waals surface area contributed by atoms with Crippen molar-refractivity contribution in [2.24, 2.45) is 5.84 Å². The molecule has 0 saturated heterocycles. The van der Waals surface area contributed by atoms with Crippen molar-refractivity contribution in [3.8, 4) is 0 Å². The molecule has 0 aromatic rings. The van der Waals surface area contributed by atoms with Crippen molar-refractivity contribution < 1.29 is 4.74 Å². The average molecular weight is 200 g/mol. The molecule has 0 aliphatic rings. The summed E-state index contributed by atoms with van der Waals surface area (Å²) < 4.78 is 5.65. The number of allylic oxidation sites excluding steroid dienone is 1. The molecule has 0 amide bonds. The van der Waals surface area contributed by atoms with Crippen LogP contribution in [0, 0.1) is 0 Å². The molecule has 3 nitrogen and oxygen atoms in total. The first-order valence-electron chi connectivity index (χ1n) is 5.38. The largest absolute Gasteiger partial charge is 0.376 e. The summed E-state index contributed by atoms with van der Waals surface area (Å²) in [6.07, 6.45) is 4.45. The smallest absolute Gasteiger partial charge is 0.0776 e. The van der Waals surface area contributed by atoms with E-state index in [1.165, 1.54) is 5.57 Å². The molecule has 84 valence electrons. The van der Waals surface area contributed by atoms with Crippen molar-refractivity contribution in [2.75, 3.05) is 6.61 Å². The number of hydrogen-bond donors (Lipinski definition) is 2. The minimum atomic E-state index is 0.125. The molecule has 2 unspecified atom stereocenters. The van der Waals surface area contributed by atoms with Crippen LogP contribution in [-0.2, 0) is 4.74 Å². The van der Waals surface area contributed by atoms with Gasteiger partial charge in [-0.2, -0.15) is 0 Å². The Labute approximate surface area is 87.7 Å². The zero-order valence-electron chi connectivity index (χ0n) is 9.84. The molecule has 0 rings (SSSR count). The number of hydrogen-bond acceptors (Lipinski definition) is 3. The number of nitrogens with two attached hydrogens (primary N) is 1. The Morgan fingerprint density at radius 3 is 2.43 bits per heavy atom. The molecule has 0 fully saturated rings. The van der Waals surface area contributed by atoms with Crippen LogP contribution >= 0.6 is 0 Å². The van der Waals surface area contributed by atoms with E-state index in [0.29, 0.717) is 0 Å². The Morgan fingerprint density at radius 1 is 1.43 bits per heavy atom. The van der Waals surface area contributed by atoms with Crippen LogP contribution in [0.2, 0.25) is 0 Å². The van der Waals surface area contributed by atoms with E-state index in [2.05, 4.69) is 32.3 Å². The van der Waals surface area contributed by atoms with Gasteiger partial charge in [0, 0.05) is 6.61 Å². The van der Waals surface area contributed by atoms with Crippen molar-refractivity contribution in [3.05, 3.63) is 11.6 Å². The quantitative estimate of drug-likeness (QED) is 0.375. The number of ether oxygens (including phenoxy) is 1. The van der Waals surface area contributed by atoms with Crippen LogP contribution in [0.1, 0.15) is 40.5 Å². The van der Waals surface area contributed by atoms with Gasteiger partial charge < -0.3 is 4.74 Å². The lowest BCUT2D eigenvalue weighted by Gasteiger charge is -2.24. The lowest BCUT2D eigenvalue weighted by molar-refractivity contribution is 0.0393. The van der Waals surface area contributed by atoms with Gasteiger partial charge in [-0.25, -0.2) is 0 Å². The van der Waals surface area contributed by atoms with Gasteiger partial charge in [-0.3, -0.25) is 11.3 Å². The predicted octanol–water partition coefficient (Wildman–Crippen LogP) is 1.99. The third kappa shape index (κ3) is 5.37. The summed E-state index contributed by atoms with van der Waals surface area (Å²) in [4.78, 5) is 0. The monoisotopic (exact) mass is 200 g/mol. The fourth-order valence-corrected chi connectivity index (χ4v) is 1.49. The molecule has 0 aromatic carbocycles. The molecule has 0 aliphatic carbocycles. The zero-order chi connectivity index (χ0) is 11.0. The summed E-state index contributed by atoms with van der Waals surface area (Å²) in [5, 5.41) is 0. The molecule has 2 atom stereocenters. The van der Waals surface area contributed by atoms with E-state index in [4.69, 9.17) is 10.6 Å². The molecule has 0 aromatic heterocycles. The number of nitrogens with one attached hydrogen (secondary N) is 1. The fourth-order valence-electron chi connectivity index (χ4n) is 1.49. The highest BCUT2D eigenvalue weighted by Crippen LogP contribution is 2.09. The molecule has 14 heavy (non-hydrogen) atoms. The van der Waals surface area contributed by atoms with Crippen molar-refractivity contribution >= 4 is 0 Å². The maximum absolute atomic E-state index is 5.65. The molecule has 0 radical (unpaired) electrons. The zero-order valence-corrected chi connectivity index (χ0v) is 9.84. The van der Waals surface area contributed by atoms with Crippen molar-refractivity contribution in [1.29, 1.82) is 0 Å². The first-order chi connectivity index (χ1) is 6.65. The first kappa shape index (κ1) is 13.6. The van der Waals surface area contributed by atoms with E-state index in [-0.39, 0.29) is 12.1 Å². The van der Waals surface area contributed by atoms with E-state index in [0.717, 1.165) is 19.4 Å². The molecule has 0 bridgehead atoms.